The predicted octanol–water partition coefficient (Wildman–Crippen LogP) is 2.72. The molecule has 0 bridgehead atoms. The Kier molecular flexibility index (Phi) is 4.57. The quantitative estimate of drug-likeness (QED) is 0.848. The van der Waals surface area contributed by atoms with Crippen molar-refractivity contribution in [2.45, 2.75) is 20.0 Å². The predicted molar refractivity (Wildman–Crippen MR) is 87.8 cm³/mol. The van der Waals surface area contributed by atoms with Crippen LogP contribution in [0.5, 0.6) is 17.2 Å². The van der Waals surface area contributed by atoms with Gasteiger partial charge in [0.15, 0.2) is 11.5 Å². The molecule has 6 nitrogen and oxygen atoms in total. The molecule has 1 aliphatic heterocycles. The molecule has 0 aliphatic carbocycles. The Morgan fingerprint density at radius 3 is 2.71 bits per heavy atom. The average Bonchev–Trinajstić information content (AvgIpc) is 3.02. The average molecular weight is 329 g/mol. The van der Waals surface area contributed by atoms with Crippen molar-refractivity contribution in [2.75, 3.05) is 13.9 Å². The summed E-state index contributed by atoms with van der Waals surface area (Å²) in [6, 6.07) is 9.19. The minimum Gasteiger partial charge on any atom is -0.493 e. The monoisotopic (exact) mass is 329 g/mol. The van der Waals surface area contributed by atoms with Crippen LogP contribution in [0.25, 0.3) is 0 Å². The summed E-state index contributed by atoms with van der Waals surface area (Å²) in [4.78, 5) is 11.0. The maximum atomic E-state index is 11.0. The second-order valence-electron chi connectivity index (χ2n) is 5.59. The lowest BCUT2D eigenvalue weighted by atomic mass is 10.1. The topological polar surface area (TPSA) is 77.0 Å². The fraction of sp³-hybridized carbons (Fsp3) is 0.278. The molecule has 1 aliphatic rings. The second-order valence-corrected chi connectivity index (χ2v) is 5.59. The molecule has 0 spiro atoms. The molecule has 0 amide bonds. The summed E-state index contributed by atoms with van der Waals surface area (Å²) >= 11 is 0. The summed E-state index contributed by atoms with van der Waals surface area (Å²) in [5.74, 6) is 1.08. The molecular formula is C18H19NO5. The number of hydrogen-bond acceptors (Lipinski definition) is 5. The lowest BCUT2D eigenvalue weighted by Gasteiger charge is -2.10. The van der Waals surface area contributed by atoms with E-state index in [1.807, 2.05) is 24.3 Å². The van der Waals surface area contributed by atoms with Crippen LogP contribution in [0, 0.1) is 6.92 Å². The number of nitrogens with one attached hydrogen (secondary N) is 1. The van der Waals surface area contributed by atoms with Gasteiger partial charge in [0.2, 0.25) is 12.5 Å². The zero-order chi connectivity index (χ0) is 17.1. The maximum absolute atomic E-state index is 11.0. The van der Waals surface area contributed by atoms with E-state index in [4.69, 9.17) is 19.3 Å². The number of aromatic carboxylic acids is 1. The zero-order valence-electron chi connectivity index (χ0n) is 13.6. The molecular weight excluding hydrogens is 310 g/mol. The first-order chi connectivity index (χ1) is 11.6. The lowest BCUT2D eigenvalue weighted by Crippen LogP contribution is -2.13. The number of hydrogen-bond donors (Lipinski definition) is 2. The van der Waals surface area contributed by atoms with Crippen LogP contribution in [-0.2, 0) is 13.1 Å². The SMILES string of the molecule is COc1cc(CNCc2ccc(C(=O)O)c(C)c2)cc2c1OCO2. The number of methoxy groups -OCH3 is 1. The van der Waals surface area contributed by atoms with E-state index in [1.54, 1.807) is 20.1 Å². The highest BCUT2D eigenvalue weighted by Gasteiger charge is 2.19. The van der Waals surface area contributed by atoms with Crippen molar-refractivity contribution in [3.63, 3.8) is 0 Å². The number of carbonyl (C=O) groups is 1. The number of rotatable bonds is 6. The normalized spacial score (nSPS) is 12.2. The molecule has 6 heteroatoms. The van der Waals surface area contributed by atoms with Crippen molar-refractivity contribution < 1.29 is 24.1 Å². The third kappa shape index (κ3) is 3.28. The molecule has 2 aromatic carbocycles. The number of carboxylic acid groups (broad SMARTS) is 1. The second kappa shape index (κ2) is 6.80. The Morgan fingerprint density at radius 2 is 2.00 bits per heavy atom. The summed E-state index contributed by atoms with van der Waals surface area (Å²) in [5.41, 5.74) is 3.14. The van der Waals surface area contributed by atoms with Gasteiger partial charge in [0.25, 0.3) is 0 Å². The van der Waals surface area contributed by atoms with Crippen molar-refractivity contribution in [1.82, 2.24) is 5.32 Å². The van der Waals surface area contributed by atoms with E-state index in [0.29, 0.717) is 35.9 Å². The van der Waals surface area contributed by atoms with Gasteiger partial charge >= 0.3 is 5.97 Å². The zero-order valence-corrected chi connectivity index (χ0v) is 13.6. The van der Waals surface area contributed by atoms with Gasteiger partial charge in [-0.25, -0.2) is 4.79 Å². The van der Waals surface area contributed by atoms with Crippen LogP contribution in [0.1, 0.15) is 27.0 Å². The Labute approximate surface area is 140 Å². The van der Waals surface area contributed by atoms with E-state index >= 15 is 0 Å². The van der Waals surface area contributed by atoms with Gasteiger partial charge in [-0.15, -0.1) is 0 Å². The van der Waals surface area contributed by atoms with Crippen LogP contribution in [0.15, 0.2) is 30.3 Å². The fourth-order valence-electron chi connectivity index (χ4n) is 2.71. The van der Waals surface area contributed by atoms with Crippen LogP contribution in [0.3, 0.4) is 0 Å². The molecule has 0 radical (unpaired) electrons. The molecule has 126 valence electrons. The van der Waals surface area contributed by atoms with E-state index in [0.717, 1.165) is 16.7 Å². The molecule has 0 saturated carbocycles. The maximum Gasteiger partial charge on any atom is 0.335 e. The molecule has 3 rings (SSSR count). The Hall–Kier alpha value is -2.73. The molecule has 0 saturated heterocycles. The molecule has 2 N–H and O–H groups in total. The molecule has 0 atom stereocenters. The third-order valence-electron chi connectivity index (χ3n) is 3.90. The van der Waals surface area contributed by atoms with Crippen LogP contribution in [0.4, 0.5) is 0 Å². The highest BCUT2D eigenvalue weighted by atomic mass is 16.7. The van der Waals surface area contributed by atoms with Gasteiger partial charge in [0, 0.05) is 13.1 Å². The number of aryl methyl sites for hydroxylation is 1. The minimum absolute atomic E-state index is 0.206. The standard InChI is InChI=1S/C18H19NO5/c1-11-5-12(3-4-14(11)18(20)21)8-19-9-13-6-15(22-2)17-16(7-13)23-10-24-17/h3-7,19H,8-10H2,1-2H3,(H,20,21). The van der Waals surface area contributed by atoms with Gasteiger partial charge in [-0.3, -0.25) is 0 Å². The largest absolute Gasteiger partial charge is 0.493 e. The molecule has 1 heterocycles. The van der Waals surface area contributed by atoms with Crippen molar-refractivity contribution in [1.29, 1.82) is 0 Å². The number of carboxylic acids is 1. The molecule has 0 fully saturated rings. The summed E-state index contributed by atoms with van der Waals surface area (Å²) in [6.45, 7) is 3.28. The van der Waals surface area contributed by atoms with Gasteiger partial charge in [-0.05, 0) is 41.8 Å². The van der Waals surface area contributed by atoms with Crippen LogP contribution in [0.2, 0.25) is 0 Å². The van der Waals surface area contributed by atoms with Crippen molar-refractivity contribution in [2.24, 2.45) is 0 Å². The van der Waals surface area contributed by atoms with E-state index in [1.165, 1.54) is 0 Å². The van der Waals surface area contributed by atoms with E-state index in [2.05, 4.69) is 5.32 Å². The molecule has 0 unspecified atom stereocenters. The van der Waals surface area contributed by atoms with Gasteiger partial charge in [0.1, 0.15) is 0 Å². The van der Waals surface area contributed by atoms with E-state index in [9.17, 15) is 4.79 Å². The number of benzene rings is 2. The Bertz CT molecular complexity index is 772. The van der Waals surface area contributed by atoms with E-state index in [-0.39, 0.29) is 6.79 Å². The Balaban J connectivity index is 1.65. The van der Waals surface area contributed by atoms with Crippen molar-refractivity contribution >= 4 is 5.97 Å². The Morgan fingerprint density at radius 1 is 1.21 bits per heavy atom. The molecule has 2 aromatic rings. The van der Waals surface area contributed by atoms with Crippen LogP contribution < -0.4 is 19.5 Å². The number of fused-ring (bicyclic) bond motifs is 1. The molecule has 0 aromatic heterocycles. The summed E-state index contributed by atoms with van der Waals surface area (Å²) in [7, 11) is 1.60. The number of ether oxygens (including phenoxy) is 3. The molecule has 24 heavy (non-hydrogen) atoms. The fourth-order valence-corrected chi connectivity index (χ4v) is 2.71. The minimum atomic E-state index is -0.903. The van der Waals surface area contributed by atoms with Crippen molar-refractivity contribution in [3.05, 3.63) is 52.6 Å². The first-order valence-electron chi connectivity index (χ1n) is 7.58. The first kappa shape index (κ1) is 16.1. The summed E-state index contributed by atoms with van der Waals surface area (Å²) < 4.78 is 16.1. The summed E-state index contributed by atoms with van der Waals surface area (Å²) in [5, 5.41) is 12.4. The van der Waals surface area contributed by atoms with Crippen LogP contribution in [-0.4, -0.2) is 25.0 Å². The van der Waals surface area contributed by atoms with Gasteiger partial charge < -0.3 is 24.6 Å². The van der Waals surface area contributed by atoms with Crippen molar-refractivity contribution in [3.8, 4) is 17.2 Å². The highest BCUT2D eigenvalue weighted by molar-refractivity contribution is 5.89. The van der Waals surface area contributed by atoms with E-state index < -0.39 is 5.97 Å². The first-order valence-corrected chi connectivity index (χ1v) is 7.58. The van der Waals surface area contributed by atoms with Gasteiger partial charge in [0.05, 0.1) is 12.7 Å². The lowest BCUT2D eigenvalue weighted by molar-refractivity contribution is 0.0696. The smallest absolute Gasteiger partial charge is 0.335 e. The van der Waals surface area contributed by atoms with Gasteiger partial charge in [-0.2, -0.15) is 0 Å². The summed E-state index contributed by atoms with van der Waals surface area (Å²) in [6.07, 6.45) is 0. The van der Waals surface area contributed by atoms with Gasteiger partial charge in [-0.1, -0.05) is 12.1 Å². The highest BCUT2D eigenvalue weighted by Crippen LogP contribution is 2.41. The van der Waals surface area contributed by atoms with Crippen LogP contribution >= 0.6 is 0 Å². The third-order valence-corrected chi connectivity index (χ3v) is 3.90.